The maximum atomic E-state index is 13.3. The number of nitrogens with one attached hydrogen (secondary N) is 1. The van der Waals surface area contributed by atoms with Gasteiger partial charge in [0.1, 0.15) is 11.6 Å². The molecule has 3 nitrogen and oxygen atoms in total. The van der Waals surface area contributed by atoms with Crippen molar-refractivity contribution < 1.29 is 10.6 Å². The largest absolute Gasteiger partial charge is 0.432 e. The number of aromatic nitrogens is 1. The average Bonchev–Trinajstić information content (AvgIpc) is 3.17. The molecule has 1 unspecified atom stereocenters. The molecule has 0 spiro atoms. The number of aromatic amines is 1. The fraction of sp³-hybridized carbons (Fsp3) is 0.222. The van der Waals surface area contributed by atoms with Crippen LogP contribution < -0.4 is 4.74 Å². The Labute approximate surface area is 208 Å². The third-order valence-corrected chi connectivity index (χ3v) is 7.07. The molecule has 0 aliphatic carbocycles. The van der Waals surface area contributed by atoms with E-state index in [0.717, 1.165) is 34.2 Å². The van der Waals surface area contributed by atoms with Gasteiger partial charge in [0.05, 0.1) is 6.04 Å². The van der Waals surface area contributed by atoms with Crippen molar-refractivity contribution in [1.29, 1.82) is 0 Å². The van der Waals surface area contributed by atoms with E-state index in [-0.39, 0.29) is 13.3 Å². The Balaban J connectivity index is 0.00000274. The highest BCUT2D eigenvalue weighted by Gasteiger charge is 2.34. The minimum Gasteiger partial charge on any atom is -0.432 e. The topological polar surface area (TPSA) is 28.3 Å². The Hall–Kier alpha value is -2.70. The molecule has 1 aliphatic rings. The summed E-state index contributed by atoms with van der Waals surface area (Å²) in [6, 6.07) is 20.9. The summed E-state index contributed by atoms with van der Waals surface area (Å²) in [5.41, 5.74) is 6.00. The lowest BCUT2D eigenvalue weighted by Crippen LogP contribution is -2.42. The molecule has 1 atom stereocenters. The van der Waals surface area contributed by atoms with E-state index in [1.165, 1.54) is 28.6 Å². The van der Waals surface area contributed by atoms with Crippen molar-refractivity contribution in [3.8, 4) is 5.75 Å². The highest BCUT2D eigenvalue weighted by Crippen LogP contribution is 2.40. The van der Waals surface area contributed by atoms with Crippen molar-refractivity contribution in [2.75, 3.05) is 6.54 Å². The molecule has 0 radical (unpaired) electrons. The third-order valence-electron chi connectivity index (χ3n) is 6.26. The number of fused-ring (bicyclic) bond motifs is 3. The number of nitrogens with zero attached hydrogens (tertiary/aromatic N) is 1. The molecule has 0 saturated carbocycles. The van der Waals surface area contributed by atoms with Crippen LogP contribution >= 0.6 is 28.1 Å². The van der Waals surface area contributed by atoms with Crippen LogP contribution in [0.3, 0.4) is 0 Å². The zero-order valence-corrected chi connectivity index (χ0v) is 20.8. The van der Waals surface area contributed by atoms with Gasteiger partial charge in [-0.15, -0.1) is 0 Å². The molecule has 4 aromatic rings. The van der Waals surface area contributed by atoms with Crippen LogP contribution in [0.1, 0.15) is 49.6 Å². The zero-order valence-electron chi connectivity index (χ0n) is 18.4. The summed E-state index contributed by atoms with van der Waals surface area (Å²) in [6.07, 6.45) is 0.847. The molecule has 0 fully saturated rings. The second-order valence-electron chi connectivity index (χ2n) is 8.70. The van der Waals surface area contributed by atoms with E-state index in [0.29, 0.717) is 16.8 Å². The monoisotopic (exact) mass is 524 g/mol. The van der Waals surface area contributed by atoms with Crippen molar-refractivity contribution in [2.24, 2.45) is 0 Å². The molecule has 170 valence electrons. The number of hydrogen-bond donors (Lipinski definition) is 1. The summed E-state index contributed by atoms with van der Waals surface area (Å²) in [4.78, 5) is 5.78. The predicted molar refractivity (Wildman–Crippen MR) is 141 cm³/mol. The molecule has 5 rings (SSSR count). The van der Waals surface area contributed by atoms with E-state index in [1.54, 1.807) is 12.1 Å². The predicted octanol–water partition coefficient (Wildman–Crippen LogP) is 7.75. The smallest absolute Gasteiger partial charge is 0.265 e. The molecule has 2 heterocycles. The van der Waals surface area contributed by atoms with Gasteiger partial charge in [-0.05, 0) is 83.7 Å². The molecule has 1 aromatic heterocycles. The highest BCUT2D eigenvalue weighted by molar-refractivity contribution is 9.10. The molecule has 33 heavy (non-hydrogen) atoms. The standard InChI is InChI=1S/C27H24BrFN2OS.H2/c1-16(2)17-3-5-18(6-4-17)26-25-22(23-15-19(28)7-12-24(23)30-25)13-14-31(26)27(33)32-21-10-8-20(29)9-11-21;/h3-12,15-16,26,30H,13-14H2,1-2H3;1H. The lowest BCUT2D eigenvalue weighted by Gasteiger charge is -2.37. The van der Waals surface area contributed by atoms with E-state index >= 15 is 0 Å². The first-order chi connectivity index (χ1) is 15.9. The summed E-state index contributed by atoms with van der Waals surface area (Å²) >= 11 is 9.36. The molecular formula is C27H26BrFN2OS. The van der Waals surface area contributed by atoms with E-state index in [9.17, 15) is 4.39 Å². The fourth-order valence-corrected chi connectivity index (χ4v) is 5.18. The third kappa shape index (κ3) is 4.30. The molecule has 1 aliphatic heterocycles. The highest BCUT2D eigenvalue weighted by atomic mass is 79.9. The number of thiocarbonyl (C=S) groups is 1. The number of H-pyrrole nitrogens is 1. The molecule has 3 aromatic carbocycles. The second kappa shape index (κ2) is 8.92. The minimum absolute atomic E-state index is 0. The molecule has 0 bridgehead atoms. The Bertz CT molecular complexity index is 1320. The van der Waals surface area contributed by atoms with Gasteiger partial charge in [0.2, 0.25) is 0 Å². The quantitative estimate of drug-likeness (QED) is 0.277. The van der Waals surface area contributed by atoms with Gasteiger partial charge in [-0.25, -0.2) is 4.39 Å². The van der Waals surface area contributed by atoms with Crippen molar-refractivity contribution >= 4 is 44.2 Å². The van der Waals surface area contributed by atoms with Gasteiger partial charge >= 0.3 is 0 Å². The van der Waals surface area contributed by atoms with Crippen LogP contribution in [-0.4, -0.2) is 21.6 Å². The van der Waals surface area contributed by atoms with Crippen molar-refractivity contribution in [1.82, 2.24) is 9.88 Å². The maximum Gasteiger partial charge on any atom is 0.265 e. The van der Waals surface area contributed by atoms with Gasteiger partial charge in [-0.3, -0.25) is 0 Å². The van der Waals surface area contributed by atoms with Crippen LogP contribution in [0.15, 0.2) is 71.2 Å². The van der Waals surface area contributed by atoms with Crippen LogP contribution in [0.25, 0.3) is 10.9 Å². The van der Waals surface area contributed by atoms with Crippen LogP contribution in [0.5, 0.6) is 5.75 Å². The first-order valence-corrected chi connectivity index (χ1v) is 12.2. The normalized spacial score (nSPS) is 15.7. The first kappa shape index (κ1) is 22.1. The molecule has 1 N–H and O–H groups in total. The summed E-state index contributed by atoms with van der Waals surface area (Å²) in [7, 11) is 0. The first-order valence-electron chi connectivity index (χ1n) is 11.0. The van der Waals surface area contributed by atoms with Gasteiger partial charge in [-0.1, -0.05) is 54.0 Å². The molecule has 6 heteroatoms. The van der Waals surface area contributed by atoms with E-state index in [2.05, 4.69) is 82.1 Å². The Morgan fingerprint density at radius 2 is 1.85 bits per heavy atom. The van der Waals surface area contributed by atoms with Crippen LogP contribution in [-0.2, 0) is 6.42 Å². The van der Waals surface area contributed by atoms with E-state index in [4.69, 9.17) is 17.0 Å². The minimum atomic E-state index is -0.303. The number of benzene rings is 3. The van der Waals surface area contributed by atoms with E-state index in [1.807, 2.05) is 0 Å². The van der Waals surface area contributed by atoms with Crippen LogP contribution in [0.4, 0.5) is 4.39 Å². The summed E-state index contributed by atoms with van der Waals surface area (Å²) < 4.78 is 20.4. The van der Waals surface area contributed by atoms with Crippen LogP contribution in [0.2, 0.25) is 0 Å². The maximum absolute atomic E-state index is 13.3. The van der Waals surface area contributed by atoms with Crippen molar-refractivity contribution in [3.63, 3.8) is 0 Å². The molecular weight excluding hydrogens is 499 g/mol. The summed E-state index contributed by atoms with van der Waals surface area (Å²) in [6.45, 7) is 5.12. The Kier molecular flexibility index (Phi) is 5.97. The zero-order chi connectivity index (χ0) is 23.1. The molecule has 0 saturated heterocycles. The van der Waals surface area contributed by atoms with Gasteiger partial charge in [-0.2, -0.15) is 0 Å². The van der Waals surface area contributed by atoms with Gasteiger partial charge < -0.3 is 14.6 Å². The second-order valence-corrected chi connectivity index (χ2v) is 9.96. The summed E-state index contributed by atoms with van der Waals surface area (Å²) in [5, 5.41) is 1.61. The SMILES string of the molecule is CC(C)c1ccc(C2c3[nH]c4ccc(Br)cc4c3CCN2C(=S)Oc2ccc(F)cc2)cc1.[HH]. The number of hydrogen-bond acceptors (Lipinski definition) is 2. The lowest BCUT2D eigenvalue weighted by molar-refractivity contribution is 0.289. The van der Waals surface area contributed by atoms with Gasteiger partial charge in [0.25, 0.3) is 5.17 Å². The van der Waals surface area contributed by atoms with Gasteiger partial charge in [0.15, 0.2) is 0 Å². The van der Waals surface area contributed by atoms with E-state index < -0.39 is 0 Å². The lowest BCUT2D eigenvalue weighted by atomic mass is 9.91. The Morgan fingerprint density at radius 1 is 1.12 bits per heavy atom. The Morgan fingerprint density at radius 3 is 2.55 bits per heavy atom. The number of rotatable bonds is 3. The van der Waals surface area contributed by atoms with Crippen molar-refractivity contribution in [2.45, 2.75) is 32.2 Å². The van der Waals surface area contributed by atoms with Crippen molar-refractivity contribution in [3.05, 3.63) is 99.4 Å². The number of halogens is 2. The number of ether oxygens (including phenoxy) is 1. The van der Waals surface area contributed by atoms with Crippen LogP contribution in [0, 0.1) is 5.82 Å². The average molecular weight is 525 g/mol. The summed E-state index contributed by atoms with van der Waals surface area (Å²) in [5.74, 6) is 0.690. The fourth-order valence-electron chi connectivity index (χ4n) is 4.53. The van der Waals surface area contributed by atoms with Gasteiger partial charge in [0, 0.05) is 29.0 Å². The molecule has 0 amide bonds.